The Balaban J connectivity index is 1.80. The number of nitrogens with one attached hydrogen (secondary N) is 1. The number of hydrogen-bond acceptors (Lipinski definition) is 7. The van der Waals surface area contributed by atoms with Crippen LogP contribution in [0.5, 0.6) is 5.75 Å². The van der Waals surface area contributed by atoms with Gasteiger partial charge in [0.15, 0.2) is 11.6 Å². The zero-order chi connectivity index (χ0) is 22.4. The number of amides is 1. The zero-order valence-electron chi connectivity index (χ0n) is 17.3. The molecule has 3 aliphatic rings. The van der Waals surface area contributed by atoms with Crippen LogP contribution in [0.1, 0.15) is 36.0 Å². The van der Waals surface area contributed by atoms with Crippen molar-refractivity contribution in [1.82, 2.24) is 5.32 Å². The van der Waals surface area contributed by atoms with Crippen molar-refractivity contribution in [1.29, 1.82) is 0 Å². The van der Waals surface area contributed by atoms with Crippen LogP contribution in [0.4, 0.5) is 0 Å². The molecular weight excluding hydrogens is 400 g/mol. The summed E-state index contributed by atoms with van der Waals surface area (Å²) in [6.07, 6.45) is 2.44. The summed E-state index contributed by atoms with van der Waals surface area (Å²) in [4.78, 5) is 37.3. The normalized spacial score (nSPS) is 25.3. The number of allylic oxidation sites excluding steroid dienone is 2. The standard InChI is InChI=1S/C23H26N2O6/c1-25-6-2-3-10-4-5-14(26)18-13(10)8-11-7-12-9-15(27)19(23(24)31)22(30)17(12)20(28)16(11)21(18)29/h4-5,11-12,17,25-26,29-30H,2-3,6-9H2,1H3,(H2,24,31). The number of primary amides is 1. The summed E-state index contributed by atoms with van der Waals surface area (Å²) in [6, 6.07) is 3.36. The molecule has 4 rings (SSSR count). The highest BCUT2D eigenvalue weighted by Crippen LogP contribution is 2.50. The number of carbonyl (C=O) groups is 3. The maximum Gasteiger partial charge on any atom is 0.255 e. The monoisotopic (exact) mass is 426 g/mol. The van der Waals surface area contributed by atoms with Crippen LogP contribution in [0.3, 0.4) is 0 Å². The predicted molar refractivity (Wildman–Crippen MR) is 112 cm³/mol. The molecule has 0 aliphatic heterocycles. The highest BCUT2D eigenvalue weighted by molar-refractivity contribution is 6.21. The molecule has 8 nitrogen and oxygen atoms in total. The summed E-state index contributed by atoms with van der Waals surface area (Å²) in [5, 5.41) is 35.1. The lowest BCUT2D eigenvalue weighted by atomic mass is 9.61. The van der Waals surface area contributed by atoms with E-state index in [2.05, 4.69) is 5.32 Å². The average molecular weight is 426 g/mol. The molecule has 164 valence electrons. The molecule has 0 bridgehead atoms. The maximum absolute atomic E-state index is 13.3. The fraction of sp³-hybridized carbons (Fsp3) is 0.435. The van der Waals surface area contributed by atoms with Gasteiger partial charge in [-0.15, -0.1) is 0 Å². The van der Waals surface area contributed by atoms with Gasteiger partial charge in [0.1, 0.15) is 22.8 Å². The van der Waals surface area contributed by atoms with E-state index < -0.39 is 40.6 Å². The van der Waals surface area contributed by atoms with Crippen molar-refractivity contribution in [3.63, 3.8) is 0 Å². The van der Waals surface area contributed by atoms with Gasteiger partial charge in [-0.1, -0.05) is 6.07 Å². The van der Waals surface area contributed by atoms with Crippen molar-refractivity contribution in [2.75, 3.05) is 13.6 Å². The number of rotatable bonds is 5. The first-order chi connectivity index (χ1) is 14.8. The molecule has 1 aromatic carbocycles. The van der Waals surface area contributed by atoms with Gasteiger partial charge in [-0.3, -0.25) is 14.4 Å². The minimum absolute atomic E-state index is 0.0504. The van der Waals surface area contributed by atoms with Gasteiger partial charge in [-0.2, -0.15) is 0 Å². The van der Waals surface area contributed by atoms with Gasteiger partial charge in [0.2, 0.25) is 0 Å². The van der Waals surface area contributed by atoms with Crippen molar-refractivity contribution in [2.24, 2.45) is 23.5 Å². The van der Waals surface area contributed by atoms with Crippen molar-refractivity contribution in [3.05, 3.63) is 45.7 Å². The number of ketones is 2. The lowest BCUT2D eigenvalue weighted by Gasteiger charge is -2.41. The van der Waals surface area contributed by atoms with Crippen LogP contribution in [0.15, 0.2) is 29.0 Å². The first-order valence-electron chi connectivity index (χ1n) is 10.5. The number of carbonyl (C=O) groups excluding carboxylic acids is 3. The molecule has 3 atom stereocenters. The molecular formula is C23H26N2O6. The van der Waals surface area contributed by atoms with Crippen LogP contribution in [0.25, 0.3) is 5.76 Å². The summed E-state index contributed by atoms with van der Waals surface area (Å²) in [5.74, 6) is -5.02. The number of hydrogen-bond donors (Lipinski definition) is 5. The van der Waals surface area contributed by atoms with Gasteiger partial charge in [0.05, 0.1) is 11.5 Å². The Hall–Kier alpha value is -3.13. The summed E-state index contributed by atoms with van der Waals surface area (Å²) in [6.45, 7) is 0.824. The molecule has 1 fully saturated rings. The lowest BCUT2D eigenvalue weighted by molar-refractivity contribution is -0.127. The number of aromatic hydroxyl groups is 1. The van der Waals surface area contributed by atoms with Crippen molar-refractivity contribution in [2.45, 2.75) is 32.1 Å². The van der Waals surface area contributed by atoms with Crippen molar-refractivity contribution >= 4 is 23.2 Å². The number of phenolic OH excluding ortho intramolecular Hbond substituents is 1. The second-order valence-corrected chi connectivity index (χ2v) is 8.56. The fourth-order valence-electron chi connectivity index (χ4n) is 5.40. The molecule has 0 aromatic heterocycles. The van der Waals surface area contributed by atoms with E-state index >= 15 is 0 Å². The van der Waals surface area contributed by atoms with Crippen LogP contribution >= 0.6 is 0 Å². The Morgan fingerprint density at radius 2 is 1.94 bits per heavy atom. The summed E-state index contributed by atoms with van der Waals surface area (Å²) >= 11 is 0. The first kappa shape index (κ1) is 21.1. The van der Waals surface area contributed by atoms with Gasteiger partial charge in [0, 0.05) is 12.0 Å². The molecule has 0 radical (unpaired) electrons. The molecule has 31 heavy (non-hydrogen) atoms. The third-order valence-corrected chi connectivity index (χ3v) is 6.74. The maximum atomic E-state index is 13.3. The molecule has 1 saturated carbocycles. The number of fused-ring (bicyclic) bond motifs is 3. The number of aliphatic hydroxyl groups excluding tert-OH is 2. The molecule has 0 saturated heterocycles. The predicted octanol–water partition coefficient (Wildman–Crippen LogP) is 1.46. The molecule has 0 spiro atoms. The van der Waals surface area contributed by atoms with Gasteiger partial charge in [0.25, 0.3) is 5.91 Å². The zero-order valence-corrected chi connectivity index (χ0v) is 17.3. The number of nitrogens with two attached hydrogens (primary N) is 1. The van der Waals surface area contributed by atoms with Crippen molar-refractivity contribution < 1.29 is 29.7 Å². The highest BCUT2D eigenvalue weighted by atomic mass is 16.3. The number of aryl methyl sites for hydroxylation is 1. The number of benzene rings is 1. The van der Waals surface area contributed by atoms with E-state index in [9.17, 15) is 29.7 Å². The van der Waals surface area contributed by atoms with E-state index in [-0.39, 0.29) is 35.0 Å². The van der Waals surface area contributed by atoms with E-state index in [1.807, 2.05) is 13.1 Å². The molecule has 0 heterocycles. The van der Waals surface area contributed by atoms with E-state index in [0.29, 0.717) is 12.8 Å². The Kier molecular flexibility index (Phi) is 5.35. The highest BCUT2D eigenvalue weighted by Gasteiger charge is 2.50. The van der Waals surface area contributed by atoms with Crippen LogP contribution < -0.4 is 11.1 Å². The van der Waals surface area contributed by atoms with Gasteiger partial charge in [-0.25, -0.2) is 0 Å². The van der Waals surface area contributed by atoms with Crippen molar-refractivity contribution in [3.8, 4) is 5.75 Å². The summed E-state index contributed by atoms with van der Waals surface area (Å²) in [7, 11) is 1.87. The third-order valence-electron chi connectivity index (χ3n) is 6.74. The summed E-state index contributed by atoms with van der Waals surface area (Å²) < 4.78 is 0. The molecule has 1 amide bonds. The number of phenols is 1. The van der Waals surface area contributed by atoms with E-state index in [1.54, 1.807) is 0 Å². The van der Waals surface area contributed by atoms with Gasteiger partial charge in [-0.05, 0) is 68.3 Å². The largest absolute Gasteiger partial charge is 0.511 e. The molecule has 6 N–H and O–H groups in total. The molecule has 3 aliphatic carbocycles. The molecule has 3 unspecified atom stereocenters. The average Bonchev–Trinajstić information content (AvgIpc) is 2.68. The second kappa shape index (κ2) is 7.85. The molecule has 8 heteroatoms. The SMILES string of the molecule is CNCCCc1ccc(O)c2c1CC1CC3CC(=O)C(C(N)=O)=C(O)C3C(=O)C1=C2O. The Morgan fingerprint density at radius 1 is 1.19 bits per heavy atom. The number of Topliss-reactive ketones (excluding diaryl/α,β-unsaturated/α-hetero) is 2. The Labute approximate surface area is 179 Å². The minimum atomic E-state index is -1.09. The van der Waals surface area contributed by atoms with Crippen LogP contribution in [0, 0.1) is 17.8 Å². The van der Waals surface area contributed by atoms with E-state index in [1.165, 1.54) is 6.07 Å². The second-order valence-electron chi connectivity index (χ2n) is 8.56. The third kappa shape index (κ3) is 3.31. The topological polar surface area (TPSA) is 150 Å². The fourth-order valence-corrected chi connectivity index (χ4v) is 5.40. The van der Waals surface area contributed by atoms with Crippen LogP contribution in [0.2, 0.25) is 0 Å². The smallest absolute Gasteiger partial charge is 0.255 e. The van der Waals surface area contributed by atoms with Crippen LogP contribution in [-0.2, 0) is 27.2 Å². The Bertz CT molecular complexity index is 1050. The summed E-state index contributed by atoms with van der Waals surface area (Å²) in [5.41, 5.74) is 6.92. The number of aliphatic hydroxyl groups is 2. The Morgan fingerprint density at radius 3 is 2.61 bits per heavy atom. The molecule has 1 aromatic rings. The van der Waals surface area contributed by atoms with Gasteiger partial charge >= 0.3 is 0 Å². The van der Waals surface area contributed by atoms with E-state index in [4.69, 9.17) is 5.73 Å². The first-order valence-corrected chi connectivity index (χ1v) is 10.5. The van der Waals surface area contributed by atoms with E-state index in [0.717, 1.165) is 30.5 Å². The van der Waals surface area contributed by atoms with Gasteiger partial charge < -0.3 is 26.4 Å². The quantitative estimate of drug-likeness (QED) is 0.353. The lowest BCUT2D eigenvalue weighted by Crippen LogP contribution is -2.44. The van der Waals surface area contributed by atoms with Crippen LogP contribution in [-0.4, -0.2) is 46.4 Å². The minimum Gasteiger partial charge on any atom is -0.511 e.